The first-order valence-electron chi connectivity index (χ1n) is 5.93. The van der Waals surface area contributed by atoms with Gasteiger partial charge >= 0.3 is 0 Å². The molecule has 2 aromatic heterocycles. The second kappa shape index (κ2) is 9.87. The van der Waals surface area contributed by atoms with E-state index in [2.05, 4.69) is 16.0 Å². The number of nitrogens with zero attached hydrogens (tertiary/aromatic N) is 2. The van der Waals surface area contributed by atoms with Crippen LogP contribution in [0.2, 0.25) is 0 Å². The van der Waals surface area contributed by atoms with Crippen molar-refractivity contribution in [1.29, 1.82) is 0 Å². The Balaban J connectivity index is 0.000000478. The predicted molar refractivity (Wildman–Crippen MR) is 73.3 cm³/mol. The number of aliphatic hydroxyl groups is 1. The van der Waals surface area contributed by atoms with E-state index in [-0.39, 0.29) is 37.2 Å². The molecule has 0 bridgehead atoms. The Bertz CT molecular complexity index is 645. The van der Waals surface area contributed by atoms with E-state index >= 15 is 0 Å². The molecule has 0 unspecified atom stereocenters. The molecule has 2 heterocycles. The third-order valence-electron chi connectivity index (χ3n) is 2.08. The molecule has 7 heteroatoms. The van der Waals surface area contributed by atoms with Crippen LogP contribution in [0, 0.1) is 18.0 Å². The van der Waals surface area contributed by atoms with Gasteiger partial charge in [-0.3, -0.25) is 9.78 Å². The summed E-state index contributed by atoms with van der Waals surface area (Å²) in [4.78, 5) is 17.0. The summed E-state index contributed by atoms with van der Waals surface area (Å²) in [5.41, 5.74) is 0.463. The molecule has 0 saturated heterocycles. The summed E-state index contributed by atoms with van der Waals surface area (Å²) in [6.07, 6.45) is 2.69. The van der Waals surface area contributed by atoms with Crippen molar-refractivity contribution in [2.75, 3.05) is 0 Å². The molecule has 1 radical (unpaired) electrons. The third-order valence-corrected chi connectivity index (χ3v) is 2.08. The molecule has 2 aromatic rings. The monoisotopic (exact) mass is 484 g/mol. The van der Waals surface area contributed by atoms with Crippen molar-refractivity contribution in [3.05, 3.63) is 60.3 Å². The number of rotatable bonds is 2. The Morgan fingerprint density at radius 2 is 2.00 bits per heavy atom. The van der Waals surface area contributed by atoms with Gasteiger partial charge in [0.2, 0.25) is 0 Å². The smallest absolute Gasteiger partial charge is 0.155 e. The zero-order valence-electron chi connectivity index (χ0n) is 11.8. The van der Waals surface area contributed by atoms with Crippen molar-refractivity contribution in [2.24, 2.45) is 0 Å². The van der Waals surface area contributed by atoms with Gasteiger partial charge in [0, 0.05) is 32.4 Å². The minimum Gasteiger partial charge on any atom is -0.512 e. The summed E-state index contributed by atoms with van der Waals surface area (Å²) in [7, 11) is 0. The van der Waals surface area contributed by atoms with Gasteiger partial charge in [0.1, 0.15) is 11.9 Å². The number of pyridine rings is 2. The molecule has 1 N–H and O–H groups in total. The number of carbonyl (C=O) groups is 1. The summed E-state index contributed by atoms with van der Waals surface area (Å²) in [5.74, 6) is -1.85. The van der Waals surface area contributed by atoms with Crippen LogP contribution in [0.1, 0.15) is 13.8 Å². The van der Waals surface area contributed by atoms with E-state index in [1.165, 1.54) is 26.1 Å². The Kier molecular flexibility index (Phi) is 8.98. The Morgan fingerprint density at radius 1 is 1.32 bits per heavy atom. The van der Waals surface area contributed by atoms with Gasteiger partial charge in [-0.05, 0) is 25.6 Å². The minimum atomic E-state index is -0.899. The molecule has 0 aliphatic heterocycles. The SMILES string of the molecule is CC(=O)/C=C(/C)O.Fc1c[c-]c(-c2ccccn2)c(F)n1.[Ir]. The number of allylic oxidation sites excluding steroid dienone is 2. The fourth-order valence-electron chi connectivity index (χ4n) is 1.36. The van der Waals surface area contributed by atoms with E-state index < -0.39 is 11.9 Å². The van der Waals surface area contributed by atoms with Crippen LogP contribution in [0.15, 0.2) is 42.3 Å². The summed E-state index contributed by atoms with van der Waals surface area (Å²) in [5, 5.41) is 8.36. The van der Waals surface area contributed by atoms with Gasteiger partial charge in [-0.2, -0.15) is 0 Å². The van der Waals surface area contributed by atoms with Gasteiger partial charge in [0.25, 0.3) is 0 Å². The number of hydrogen-bond acceptors (Lipinski definition) is 4. The molecule has 0 aliphatic rings. The standard InChI is InChI=1S/C10H5F2N2.C5H8O2.Ir/c11-9-5-4-7(10(12)14-9)8-3-1-2-6-13-8;1-4(6)3-5(2)7;/h1-3,5-6H;3,6H,1-2H3;/q-1;;/b;4-3-;. The normalized spacial score (nSPS) is 10.1. The van der Waals surface area contributed by atoms with Gasteiger partial charge in [0.15, 0.2) is 5.78 Å². The molecule has 0 saturated carbocycles. The van der Waals surface area contributed by atoms with E-state index in [1.54, 1.807) is 18.2 Å². The fraction of sp³-hybridized carbons (Fsp3) is 0.133. The molecule has 4 nitrogen and oxygen atoms in total. The second-order valence-electron chi connectivity index (χ2n) is 4.00. The first kappa shape index (κ1) is 20.0. The molecule has 0 atom stereocenters. The first-order valence-corrected chi connectivity index (χ1v) is 5.93. The summed E-state index contributed by atoms with van der Waals surface area (Å²) in [6, 6.07) is 8.45. The maximum absolute atomic E-state index is 13.1. The van der Waals surface area contributed by atoms with Crippen molar-refractivity contribution in [1.82, 2.24) is 9.97 Å². The van der Waals surface area contributed by atoms with Gasteiger partial charge in [-0.1, -0.05) is 23.8 Å². The van der Waals surface area contributed by atoms with E-state index in [9.17, 15) is 13.6 Å². The average molecular weight is 483 g/mol. The van der Waals surface area contributed by atoms with Crippen LogP contribution in [-0.4, -0.2) is 20.9 Å². The topological polar surface area (TPSA) is 63.1 Å². The summed E-state index contributed by atoms with van der Waals surface area (Å²) in [6.45, 7) is 2.85. The molecule has 0 amide bonds. The van der Waals surface area contributed by atoms with E-state index in [0.717, 1.165) is 6.07 Å². The summed E-state index contributed by atoms with van der Waals surface area (Å²) >= 11 is 0. The van der Waals surface area contributed by atoms with E-state index in [0.29, 0.717) is 5.69 Å². The third kappa shape index (κ3) is 7.15. The summed E-state index contributed by atoms with van der Waals surface area (Å²) < 4.78 is 25.6. The van der Waals surface area contributed by atoms with E-state index in [1.807, 2.05) is 0 Å². The quantitative estimate of drug-likeness (QED) is 0.308. The molecule has 0 spiro atoms. The van der Waals surface area contributed by atoms with Gasteiger partial charge in [-0.15, -0.1) is 6.07 Å². The molecule has 119 valence electrons. The van der Waals surface area contributed by atoms with E-state index in [4.69, 9.17) is 5.11 Å². The fourth-order valence-corrected chi connectivity index (χ4v) is 1.36. The van der Waals surface area contributed by atoms with Crippen LogP contribution in [0.25, 0.3) is 11.3 Å². The van der Waals surface area contributed by atoms with Crippen LogP contribution in [-0.2, 0) is 24.9 Å². The van der Waals surface area contributed by atoms with Crippen LogP contribution in [0.5, 0.6) is 0 Å². The van der Waals surface area contributed by atoms with Crippen molar-refractivity contribution < 1.29 is 38.8 Å². The number of hydrogen-bond donors (Lipinski definition) is 1. The van der Waals surface area contributed by atoms with Crippen LogP contribution in [0.4, 0.5) is 8.78 Å². The molecule has 0 aromatic carbocycles. The van der Waals surface area contributed by atoms with Crippen molar-refractivity contribution in [3.63, 3.8) is 0 Å². The Labute approximate surface area is 140 Å². The predicted octanol–water partition coefficient (Wildman–Crippen LogP) is 3.26. The first-order chi connectivity index (χ1) is 9.90. The number of aromatic nitrogens is 2. The number of ketones is 1. The van der Waals surface area contributed by atoms with Crippen molar-refractivity contribution in [3.8, 4) is 11.3 Å². The van der Waals surface area contributed by atoms with Crippen LogP contribution < -0.4 is 0 Å². The number of halogens is 2. The molecule has 22 heavy (non-hydrogen) atoms. The Morgan fingerprint density at radius 3 is 2.41 bits per heavy atom. The van der Waals surface area contributed by atoms with Crippen LogP contribution in [0.3, 0.4) is 0 Å². The largest absolute Gasteiger partial charge is 0.512 e. The number of carbonyl (C=O) groups excluding carboxylic acids is 1. The zero-order valence-corrected chi connectivity index (χ0v) is 14.2. The maximum atomic E-state index is 13.1. The number of aliphatic hydroxyl groups excluding tert-OH is 1. The van der Waals surface area contributed by atoms with Crippen molar-refractivity contribution >= 4 is 5.78 Å². The average Bonchev–Trinajstić information content (AvgIpc) is 2.38. The second-order valence-corrected chi connectivity index (χ2v) is 4.00. The van der Waals surface area contributed by atoms with Crippen molar-refractivity contribution in [2.45, 2.75) is 13.8 Å². The minimum absolute atomic E-state index is 0. The van der Waals surface area contributed by atoms with Gasteiger partial charge < -0.3 is 10.1 Å². The zero-order chi connectivity index (χ0) is 15.8. The molecule has 0 fully saturated rings. The molecular formula is C15H13F2IrN2O2-. The molecule has 0 aliphatic carbocycles. The molecule has 2 rings (SSSR count). The maximum Gasteiger partial charge on any atom is 0.155 e. The molecular weight excluding hydrogens is 470 g/mol. The van der Waals surface area contributed by atoms with Crippen LogP contribution >= 0.6 is 0 Å². The van der Waals surface area contributed by atoms with Gasteiger partial charge in [-0.25, -0.2) is 8.78 Å². The Hall–Kier alpha value is -1.98. The van der Waals surface area contributed by atoms with Gasteiger partial charge in [0.05, 0.1) is 5.76 Å².